The maximum atomic E-state index is 13.6. The molecule has 7 nitrogen and oxygen atoms in total. The number of anilines is 2. The van der Waals surface area contributed by atoms with Crippen molar-refractivity contribution in [1.29, 1.82) is 5.26 Å². The number of piperazine rings is 1. The summed E-state index contributed by atoms with van der Waals surface area (Å²) in [5.41, 5.74) is -0.526. The molecule has 208 valence electrons. The van der Waals surface area contributed by atoms with Gasteiger partial charge >= 0.3 is 6.18 Å². The molecule has 1 saturated heterocycles. The van der Waals surface area contributed by atoms with Crippen molar-refractivity contribution in [2.45, 2.75) is 50.7 Å². The maximum absolute atomic E-state index is 13.6. The second-order valence-corrected chi connectivity index (χ2v) is 10.9. The summed E-state index contributed by atoms with van der Waals surface area (Å²) >= 11 is 5.73. The Hall–Kier alpha value is -3.07. The van der Waals surface area contributed by atoms with E-state index in [2.05, 4.69) is 21.8 Å². The summed E-state index contributed by atoms with van der Waals surface area (Å²) in [6, 6.07) is 10.2. The number of nitrogens with zero attached hydrogens (tertiary/aromatic N) is 6. The molecule has 11 heteroatoms. The molecule has 0 radical (unpaired) electrons. The molecule has 1 aromatic carbocycles. The molecule has 4 rings (SSSR count). The molecule has 0 unspecified atom stereocenters. The van der Waals surface area contributed by atoms with Crippen LogP contribution in [-0.2, 0) is 17.4 Å². The molecule has 39 heavy (non-hydrogen) atoms. The number of hydrogen-bond donors (Lipinski definition) is 0. The molecule has 0 N–H and O–H groups in total. The van der Waals surface area contributed by atoms with Crippen LogP contribution in [0.2, 0.25) is 0 Å². The van der Waals surface area contributed by atoms with Crippen LogP contribution in [0.5, 0.6) is 0 Å². The number of carbonyl (C=O) groups is 1. The highest BCUT2D eigenvalue weighted by molar-refractivity contribution is 7.81. The lowest BCUT2D eigenvalue weighted by molar-refractivity contribution is -0.138. The van der Waals surface area contributed by atoms with Gasteiger partial charge in [-0.15, -0.1) is 0 Å². The fourth-order valence-corrected chi connectivity index (χ4v) is 5.64. The molecular formula is C28H33F3N6OS. The minimum atomic E-state index is -4.80. The number of carbonyl (C=O) groups excluding carboxylic acids is 1. The van der Waals surface area contributed by atoms with Gasteiger partial charge in [0.1, 0.15) is 6.07 Å². The zero-order valence-electron chi connectivity index (χ0n) is 22.2. The molecule has 2 aliphatic rings. The minimum absolute atomic E-state index is 0.0645. The van der Waals surface area contributed by atoms with Crippen LogP contribution < -0.4 is 9.80 Å². The fraction of sp³-hybridized carbons (Fsp3) is 0.500. The quantitative estimate of drug-likeness (QED) is 0.339. The van der Waals surface area contributed by atoms with E-state index < -0.39 is 17.4 Å². The Labute approximate surface area is 232 Å². The van der Waals surface area contributed by atoms with Gasteiger partial charge in [-0.2, -0.15) is 18.4 Å². The van der Waals surface area contributed by atoms with Crippen molar-refractivity contribution in [3.05, 3.63) is 53.3 Å². The largest absolute Gasteiger partial charge is 0.419 e. The van der Waals surface area contributed by atoms with E-state index in [-0.39, 0.29) is 16.3 Å². The lowest BCUT2D eigenvalue weighted by Crippen LogP contribution is -2.58. The topological polar surface area (TPSA) is 66.7 Å². The van der Waals surface area contributed by atoms with Gasteiger partial charge in [0.15, 0.2) is 10.8 Å². The predicted molar refractivity (Wildman–Crippen MR) is 149 cm³/mol. The van der Waals surface area contributed by atoms with E-state index in [0.717, 1.165) is 87.7 Å². The Bertz CT molecular complexity index is 1220. The molecule has 1 saturated carbocycles. The number of halogens is 3. The Balaban J connectivity index is 1.53. The van der Waals surface area contributed by atoms with Gasteiger partial charge in [-0.25, -0.2) is 4.98 Å². The molecule has 1 aromatic heterocycles. The number of aryl methyl sites for hydroxylation is 1. The van der Waals surface area contributed by atoms with E-state index in [1.54, 1.807) is 0 Å². The average molecular weight is 559 g/mol. The van der Waals surface area contributed by atoms with Gasteiger partial charge in [0.2, 0.25) is 6.41 Å². The number of pyridine rings is 1. The highest BCUT2D eigenvalue weighted by Crippen LogP contribution is 2.41. The second kappa shape index (κ2) is 12.0. The van der Waals surface area contributed by atoms with Crippen LogP contribution in [0.15, 0.2) is 36.5 Å². The van der Waals surface area contributed by atoms with Crippen molar-refractivity contribution in [2.75, 3.05) is 49.6 Å². The number of benzene rings is 1. The normalized spacial score (nSPS) is 17.6. The van der Waals surface area contributed by atoms with Crippen LogP contribution in [-0.4, -0.2) is 71.6 Å². The predicted octanol–water partition coefficient (Wildman–Crippen LogP) is 4.85. The number of likely N-dealkylation sites (N-methyl/N-ethyl adjacent to an activating group) is 1. The van der Waals surface area contributed by atoms with Gasteiger partial charge in [0.25, 0.3) is 0 Å². The molecule has 0 spiro atoms. The van der Waals surface area contributed by atoms with Crippen molar-refractivity contribution in [3.8, 4) is 6.07 Å². The lowest BCUT2D eigenvalue weighted by atomic mass is 9.77. The van der Waals surface area contributed by atoms with Crippen LogP contribution in [0, 0.1) is 11.3 Å². The first-order chi connectivity index (χ1) is 18.6. The van der Waals surface area contributed by atoms with Gasteiger partial charge in [-0.3, -0.25) is 9.69 Å². The zero-order valence-corrected chi connectivity index (χ0v) is 23.1. The maximum Gasteiger partial charge on any atom is 0.419 e. The van der Waals surface area contributed by atoms with E-state index in [0.29, 0.717) is 6.41 Å². The van der Waals surface area contributed by atoms with E-state index in [9.17, 15) is 18.0 Å². The van der Waals surface area contributed by atoms with E-state index in [4.69, 9.17) is 17.5 Å². The summed E-state index contributed by atoms with van der Waals surface area (Å²) in [6.07, 6.45) is 1.29. The number of nitriles is 1. The van der Waals surface area contributed by atoms with Crippen LogP contribution in [0.4, 0.5) is 24.5 Å². The van der Waals surface area contributed by atoms with Gasteiger partial charge in [-0.05, 0) is 88.6 Å². The summed E-state index contributed by atoms with van der Waals surface area (Å²) < 4.78 is 40.7. The van der Waals surface area contributed by atoms with E-state index in [1.807, 2.05) is 36.1 Å². The monoisotopic (exact) mass is 558 g/mol. The summed E-state index contributed by atoms with van der Waals surface area (Å²) in [5, 5.41) is 9.14. The Morgan fingerprint density at radius 3 is 2.38 bits per heavy atom. The third kappa shape index (κ3) is 6.57. The summed E-state index contributed by atoms with van der Waals surface area (Å²) in [7, 11) is 2.15. The molecule has 1 aliphatic heterocycles. The number of thiocarbonyl (C=S) groups is 1. The smallest absolute Gasteiger partial charge is 0.312 e. The van der Waals surface area contributed by atoms with Gasteiger partial charge < -0.3 is 14.7 Å². The molecule has 2 heterocycles. The molecule has 2 aromatic rings. The van der Waals surface area contributed by atoms with Gasteiger partial charge in [0, 0.05) is 37.4 Å². The van der Waals surface area contributed by atoms with Crippen molar-refractivity contribution < 1.29 is 18.0 Å². The van der Waals surface area contributed by atoms with Crippen molar-refractivity contribution in [3.63, 3.8) is 0 Å². The van der Waals surface area contributed by atoms with Crippen LogP contribution in [0.25, 0.3) is 0 Å². The van der Waals surface area contributed by atoms with Crippen LogP contribution in [0.3, 0.4) is 0 Å². The number of amides is 1. The minimum Gasteiger partial charge on any atom is -0.312 e. The second-order valence-electron chi connectivity index (χ2n) is 10.6. The Morgan fingerprint density at radius 2 is 1.85 bits per heavy atom. The highest BCUT2D eigenvalue weighted by Gasteiger charge is 2.42. The van der Waals surface area contributed by atoms with Crippen LogP contribution >= 0.6 is 12.2 Å². The Morgan fingerprint density at radius 1 is 1.18 bits per heavy atom. The fourth-order valence-electron chi connectivity index (χ4n) is 5.17. The number of rotatable bonds is 8. The SMILES string of the molecule is CN1CCN(CCCc2ccc(N(C(=S)N(C=O)c3cnc(C#N)c(C(F)(F)F)c3)C3(C)CCC3)cc2)CC1. The number of alkyl halides is 3. The number of aromatic nitrogens is 1. The average Bonchev–Trinajstić information content (AvgIpc) is 2.89. The third-order valence-electron chi connectivity index (χ3n) is 7.77. The third-order valence-corrected chi connectivity index (χ3v) is 8.15. The number of hydrogen-bond acceptors (Lipinski definition) is 6. The van der Waals surface area contributed by atoms with E-state index >= 15 is 0 Å². The lowest BCUT2D eigenvalue weighted by Gasteiger charge is -2.50. The van der Waals surface area contributed by atoms with Gasteiger partial charge in [-0.1, -0.05) is 12.1 Å². The summed E-state index contributed by atoms with van der Waals surface area (Å²) in [4.78, 5) is 23.5. The Kier molecular flexibility index (Phi) is 8.89. The van der Waals surface area contributed by atoms with Gasteiger partial charge in [0.05, 0.1) is 17.4 Å². The summed E-state index contributed by atoms with van der Waals surface area (Å²) in [5.74, 6) is 0. The molecular weight excluding hydrogens is 525 g/mol. The molecule has 0 bridgehead atoms. The first-order valence-corrected chi connectivity index (χ1v) is 13.5. The molecule has 0 atom stereocenters. The summed E-state index contributed by atoms with van der Waals surface area (Å²) in [6.45, 7) is 7.46. The van der Waals surface area contributed by atoms with Crippen molar-refractivity contribution in [2.24, 2.45) is 0 Å². The van der Waals surface area contributed by atoms with Crippen molar-refractivity contribution in [1.82, 2.24) is 14.8 Å². The molecule has 1 amide bonds. The molecule has 2 fully saturated rings. The highest BCUT2D eigenvalue weighted by atomic mass is 32.1. The van der Waals surface area contributed by atoms with Crippen LogP contribution in [0.1, 0.15) is 49.4 Å². The molecule has 1 aliphatic carbocycles. The van der Waals surface area contributed by atoms with Crippen molar-refractivity contribution >= 4 is 35.1 Å². The first kappa shape index (κ1) is 28.9. The zero-order chi connectivity index (χ0) is 28.2. The van der Waals surface area contributed by atoms with E-state index in [1.165, 1.54) is 11.6 Å². The standard InChI is InChI=1S/C28H33F3N6OS/c1-27(10-4-11-27)37(22-8-6-21(7-9-22)5-3-12-35-15-13-34(2)14-16-35)26(39)36(20-38)23-17-24(28(29,30)31)25(18-32)33-19-23/h6-9,17,19-20H,3-5,10-16H2,1-2H3. The first-order valence-electron chi connectivity index (χ1n) is 13.1.